The van der Waals surface area contributed by atoms with E-state index in [0.717, 1.165) is 49.3 Å². The highest BCUT2D eigenvalue weighted by Gasteiger charge is 2.57. The van der Waals surface area contributed by atoms with Gasteiger partial charge in [-0.15, -0.1) is 12.4 Å². The lowest BCUT2D eigenvalue weighted by Crippen LogP contribution is -2.31. The number of nitrogens with zero attached hydrogens (tertiary/aromatic N) is 1. The van der Waals surface area contributed by atoms with Crippen LogP contribution in [0.3, 0.4) is 0 Å². The van der Waals surface area contributed by atoms with Crippen molar-refractivity contribution in [3.63, 3.8) is 0 Å². The van der Waals surface area contributed by atoms with E-state index in [0.29, 0.717) is 0 Å². The van der Waals surface area contributed by atoms with Crippen LogP contribution in [0.1, 0.15) is 19.3 Å². The molecule has 0 radical (unpaired) electrons. The van der Waals surface area contributed by atoms with Crippen molar-refractivity contribution in [1.82, 2.24) is 15.5 Å². The van der Waals surface area contributed by atoms with Crippen molar-refractivity contribution in [2.24, 2.45) is 11.3 Å². The van der Waals surface area contributed by atoms with E-state index in [1.54, 1.807) is 6.20 Å². The van der Waals surface area contributed by atoms with E-state index >= 15 is 0 Å². The number of benzene rings is 1. The van der Waals surface area contributed by atoms with Gasteiger partial charge < -0.3 is 10.6 Å². The van der Waals surface area contributed by atoms with Gasteiger partial charge >= 0.3 is 0 Å². The molecule has 6 heteroatoms. The molecule has 2 aromatic rings. The zero-order valence-electron chi connectivity index (χ0n) is 12.8. The second kappa shape index (κ2) is 6.34. The molecule has 0 bridgehead atoms. The van der Waals surface area contributed by atoms with Crippen LogP contribution >= 0.6 is 12.4 Å². The number of halogens is 1. The van der Waals surface area contributed by atoms with Gasteiger partial charge in [0.05, 0.1) is 5.69 Å². The van der Waals surface area contributed by atoms with Crippen molar-refractivity contribution in [3.05, 3.63) is 36.5 Å². The Bertz CT molecular complexity index is 680. The molecule has 3 N–H and O–H groups in total. The maximum absolute atomic E-state index is 12.5. The highest BCUT2D eigenvalue weighted by atomic mass is 35.5. The zero-order chi connectivity index (χ0) is 15.0. The van der Waals surface area contributed by atoms with Crippen molar-refractivity contribution in [2.75, 3.05) is 18.4 Å². The molecule has 1 saturated carbocycles. The normalized spacial score (nSPS) is 21.5. The van der Waals surface area contributed by atoms with Crippen molar-refractivity contribution in [3.8, 4) is 11.3 Å². The predicted molar refractivity (Wildman–Crippen MR) is 92.5 cm³/mol. The minimum Gasteiger partial charge on any atom is -0.326 e. The second-order valence-electron chi connectivity index (χ2n) is 6.41. The highest BCUT2D eigenvalue weighted by molar-refractivity contribution is 5.95. The fourth-order valence-corrected chi connectivity index (χ4v) is 3.61. The topological polar surface area (TPSA) is 69.8 Å². The van der Waals surface area contributed by atoms with Crippen molar-refractivity contribution < 1.29 is 4.79 Å². The number of piperidine rings is 1. The molecule has 23 heavy (non-hydrogen) atoms. The maximum Gasteiger partial charge on any atom is 0.228 e. The first-order valence-corrected chi connectivity index (χ1v) is 7.88. The van der Waals surface area contributed by atoms with Crippen LogP contribution < -0.4 is 10.6 Å². The fourth-order valence-electron chi connectivity index (χ4n) is 3.61. The lowest BCUT2D eigenvalue weighted by Gasteiger charge is -2.23. The summed E-state index contributed by atoms with van der Waals surface area (Å²) >= 11 is 0. The third-order valence-corrected chi connectivity index (χ3v) is 5.05. The molecule has 2 aliphatic rings. The van der Waals surface area contributed by atoms with E-state index in [1.165, 1.54) is 0 Å². The fraction of sp³-hybridized carbons (Fsp3) is 0.412. The summed E-state index contributed by atoms with van der Waals surface area (Å²) in [7, 11) is 0. The minimum atomic E-state index is 0. The quantitative estimate of drug-likeness (QED) is 0.809. The van der Waals surface area contributed by atoms with E-state index in [-0.39, 0.29) is 29.6 Å². The molecule has 1 aromatic heterocycles. The number of hydrogen-bond acceptors (Lipinski definition) is 3. The summed E-state index contributed by atoms with van der Waals surface area (Å²) in [6, 6.07) is 9.82. The summed E-state index contributed by atoms with van der Waals surface area (Å²) in [4.78, 5) is 12.5. The molecule has 1 amide bonds. The largest absolute Gasteiger partial charge is 0.326 e. The number of amides is 1. The van der Waals surface area contributed by atoms with Crippen molar-refractivity contribution >= 4 is 24.0 Å². The van der Waals surface area contributed by atoms with Crippen molar-refractivity contribution in [2.45, 2.75) is 19.3 Å². The van der Waals surface area contributed by atoms with Gasteiger partial charge in [-0.25, -0.2) is 0 Å². The van der Waals surface area contributed by atoms with Crippen LogP contribution in [0.25, 0.3) is 11.3 Å². The van der Waals surface area contributed by atoms with Crippen LogP contribution in [0, 0.1) is 11.3 Å². The Kier molecular flexibility index (Phi) is 4.41. The lowest BCUT2D eigenvalue weighted by atomic mass is 9.92. The number of hydrogen-bond donors (Lipinski definition) is 3. The Labute approximate surface area is 141 Å². The van der Waals surface area contributed by atoms with E-state index in [9.17, 15) is 4.79 Å². The number of aromatic nitrogens is 2. The average molecular weight is 333 g/mol. The second-order valence-corrected chi connectivity index (χ2v) is 6.41. The van der Waals surface area contributed by atoms with Crippen LogP contribution in [0.2, 0.25) is 0 Å². The SMILES string of the molecule is Cl.O=C(Nc1cccc(-c2ccn[nH]2)c1)C1CC12CCNCC2. The van der Waals surface area contributed by atoms with Gasteiger partial charge in [0.25, 0.3) is 0 Å². The monoisotopic (exact) mass is 332 g/mol. The first-order valence-electron chi connectivity index (χ1n) is 7.88. The Morgan fingerprint density at radius 1 is 1.26 bits per heavy atom. The molecule has 1 saturated heterocycles. The molecule has 1 aliphatic carbocycles. The van der Waals surface area contributed by atoms with E-state index in [2.05, 4.69) is 20.8 Å². The van der Waals surface area contributed by atoms with Gasteiger partial charge in [-0.3, -0.25) is 9.89 Å². The molecular weight excluding hydrogens is 312 g/mol. The number of aromatic amines is 1. The van der Waals surface area contributed by atoms with Crippen LogP contribution in [-0.2, 0) is 4.79 Å². The van der Waals surface area contributed by atoms with Crippen LogP contribution in [0.4, 0.5) is 5.69 Å². The molecule has 1 spiro atoms. The Hall–Kier alpha value is -1.85. The summed E-state index contributed by atoms with van der Waals surface area (Å²) < 4.78 is 0. The third kappa shape index (κ3) is 3.12. The number of H-pyrrole nitrogens is 1. The Balaban J connectivity index is 0.00000156. The van der Waals surface area contributed by atoms with E-state index in [4.69, 9.17) is 0 Å². The summed E-state index contributed by atoms with van der Waals surface area (Å²) in [6.45, 7) is 2.08. The molecule has 1 atom stereocenters. The molecular formula is C17H21ClN4O. The highest BCUT2D eigenvalue weighted by Crippen LogP contribution is 2.58. The molecule has 2 heterocycles. The van der Waals surface area contributed by atoms with Gasteiger partial charge in [0.2, 0.25) is 5.91 Å². The van der Waals surface area contributed by atoms with E-state index in [1.807, 2.05) is 30.3 Å². The summed E-state index contributed by atoms with van der Waals surface area (Å²) in [5, 5.41) is 13.4. The van der Waals surface area contributed by atoms with Crippen LogP contribution in [-0.4, -0.2) is 29.2 Å². The molecule has 5 nitrogen and oxygen atoms in total. The Morgan fingerprint density at radius 3 is 2.83 bits per heavy atom. The lowest BCUT2D eigenvalue weighted by molar-refractivity contribution is -0.118. The smallest absolute Gasteiger partial charge is 0.228 e. The van der Waals surface area contributed by atoms with Gasteiger partial charge in [0.15, 0.2) is 0 Å². The number of nitrogens with one attached hydrogen (secondary N) is 3. The number of rotatable bonds is 3. The third-order valence-electron chi connectivity index (χ3n) is 5.05. The van der Waals surface area contributed by atoms with Gasteiger partial charge in [0.1, 0.15) is 0 Å². The molecule has 2 fully saturated rings. The zero-order valence-corrected chi connectivity index (χ0v) is 13.7. The standard InChI is InChI=1S/C17H20N4O.ClH/c22-16(14-11-17(14)5-8-18-9-6-17)20-13-3-1-2-12(10-13)15-4-7-19-21-15;/h1-4,7,10,14,18H,5-6,8-9,11H2,(H,19,21)(H,20,22);1H. The van der Waals surface area contributed by atoms with E-state index < -0.39 is 0 Å². The molecule has 122 valence electrons. The maximum atomic E-state index is 12.5. The number of carbonyl (C=O) groups excluding carboxylic acids is 1. The average Bonchev–Trinajstić information content (AvgIpc) is 3.00. The number of anilines is 1. The van der Waals surface area contributed by atoms with Gasteiger partial charge in [-0.05, 0) is 56.0 Å². The van der Waals surface area contributed by atoms with Gasteiger partial charge in [-0.1, -0.05) is 12.1 Å². The molecule has 1 unspecified atom stereocenters. The summed E-state index contributed by atoms with van der Waals surface area (Å²) in [6.07, 6.45) is 5.02. The van der Waals surface area contributed by atoms with Gasteiger partial charge in [-0.2, -0.15) is 5.10 Å². The van der Waals surface area contributed by atoms with Crippen molar-refractivity contribution in [1.29, 1.82) is 0 Å². The van der Waals surface area contributed by atoms with Gasteiger partial charge in [0, 0.05) is 23.4 Å². The number of carbonyl (C=O) groups is 1. The first kappa shape index (κ1) is 16.0. The Morgan fingerprint density at radius 2 is 2.09 bits per heavy atom. The van der Waals surface area contributed by atoms with Crippen LogP contribution in [0.15, 0.2) is 36.5 Å². The molecule has 1 aliphatic heterocycles. The summed E-state index contributed by atoms with van der Waals surface area (Å²) in [5.41, 5.74) is 3.11. The predicted octanol–water partition coefficient (Wildman–Crippen LogP) is 2.83. The molecule has 4 rings (SSSR count). The first-order chi connectivity index (χ1) is 10.8. The minimum absolute atomic E-state index is 0. The van der Waals surface area contributed by atoms with Crippen LogP contribution in [0.5, 0.6) is 0 Å². The summed E-state index contributed by atoms with van der Waals surface area (Å²) in [5.74, 6) is 0.356. The molecule has 1 aromatic carbocycles.